The first-order valence-corrected chi connectivity index (χ1v) is 3.47. The molecule has 0 N–H and O–H groups in total. The van der Waals surface area contributed by atoms with Crippen LogP contribution in [0.1, 0.15) is 6.92 Å². The first kappa shape index (κ1) is 6.28. The number of hydrogen-bond donors (Lipinski definition) is 0. The molecule has 0 spiro atoms. The molecular weight excluding hydrogens is 138 g/mol. The molecule has 0 saturated carbocycles. The standard InChI is InChI=1S/C9H7NO/c1-6-4-7-5-8(11)2-3-9(7)10-6/h2-5H,1H3. The van der Waals surface area contributed by atoms with Gasteiger partial charge in [-0.1, -0.05) is 0 Å². The van der Waals surface area contributed by atoms with Crippen LogP contribution in [0.5, 0.6) is 0 Å². The van der Waals surface area contributed by atoms with Crippen molar-refractivity contribution in [3.05, 3.63) is 35.6 Å². The number of ketones is 1. The van der Waals surface area contributed by atoms with Crippen LogP contribution in [-0.2, 0) is 4.79 Å². The Morgan fingerprint density at radius 3 is 2.91 bits per heavy atom. The van der Waals surface area contributed by atoms with Crippen LogP contribution < -0.4 is 0 Å². The number of carbonyl (C=O) groups is 1. The van der Waals surface area contributed by atoms with Crippen molar-refractivity contribution >= 4 is 11.5 Å². The Hall–Kier alpha value is -1.44. The lowest BCUT2D eigenvalue weighted by Gasteiger charge is -1.99. The quantitative estimate of drug-likeness (QED) is 0.474. The van der Waals surface area contributed by atoms with Crippen molar-refractivity contribution in [2.75, 3.05) is 0 Å². The summed E-state index contributed by atoms with van der Waals surface area (Å²) in [6.45, 7) is 1.92. The van der Waals surface area contributed by atoms with Crippen LogP contribution in [0.3, 0.4) is 0 Å². The molecule has 1 heterocycles. The van der Waals surface area contributed by atoms with Crippen molar-refractivity contribution in [3.8, 4) is 0 Å². The van der Waals surface area contributed by atoms with Gasteiger partial charge in [0, 0.05) is 11.3 Å². The van der Waals surface area contributed by atoms with Gasteiger partial charge >= 0.3 is 0 Å². The molecule has 2 heteroatoms. The SMILES string of the molecule is CC1=CC2=CC(=O)C=CC2=N1. The second-order valence-electron chi connectivity index (χ2n) is 2.62. The molecule has 11 heavy (non-hydrogen) atoms. The third-order valence-corrected chi connectivity index (χ3v) is 1.66. The van der Waals surface area contributed by atoms with E-state index >= 15 is 0 Å². The summed E-state index contributed by atoms with van der Waals surface area (Å²) in [5.74, 6) is 0.0462. The minimum atomic E-state index is 0.0462. The summed E-state index contributed by atoms with van der Waals surface area (Å²) in [5.41, 5.74) is 2.81. The molecule has 2 aliphatic rings. The summed E-state index contributed by atoms with van der Waals surface area (Å²) in [7, 11) is 0. The molecule has 0 radical (unpaired) electrons. The minimum Gasteiger partial charge on any atom is -0.290 e. The highest BCUT2D eigenvalue weighted by Crippen LogP contribution is 2.18. The van der Waals surface area contributed by atoms with Crippen molar-refractivity contribution < 1.29 is 4.79 Å². The molecule has 0 saturated heterocycles. The van der Waals surface area contributed by atoms with Crippen molar-refractivity contribution in [1.82, 2.24) is 0 Å². The Labute approximate surface area is 64.6 Å². The zero-order valence-corrected chi connectivity index (χ0v) is 6.16. The highest BCUT2D eigenvalue weighted by molar-refractivity contribution is 6.22. The first-order valence-electron chi connectivity index (χ1n) is 3.47. The number of carbonyl (C=O) groups excluding carboxylic acids is 1. The minimum absolute atomic E-state index is 0.0462. The lowest BCUT2D eigenvalue weighted by molar-refractivity contribution is -0.110. The highest BCUT2D eigenvalue weighted by Gasteiger charge is 2.13. The van der Waals surface area contributed by atoms with Crippen LogP contribution >= 0.6 is 0 Å². The third-order valence-electron chi connectivity index (χ3n) is 1.66. The van der Waals surface area contributed by atoms with Crippen LogP contribution in [-0.4, -0.2) is 11.5 Å². The Balaban J connectivity index is 2.50. The number of allylic oxidation sites excluding steroid dienone is 6. The normalized spacial score (nSPS) is 20.8. The maximum atomic E-state index is 10.9. The van der Waals surface area contributed by atoms with Crippen molar-refractivity contribution in [3.63, 3.8) is 0 Å². The van der Waals surface area contributed by atoms with Gasteiger partial charge in [-0.25, -0.2) is 0 Å². The van der Waals surface area contributed by atoms with E-state index in [0.717, 1.165) is 17.0 Å². The second kappa shape index (κ2) is 2.02. The Morgan fingerprint density at radius 2 is 2.09 bits per heavy atom. The predicted octanol–water partition coefficient (Wildman–Crippen LogP) is 1.41. The Morgan fingerprint density at radius 1 is 1.27 bits per heavy atom. The van der Waals surface area contributed by atoms with E-state index in [1.165, 1.54) is 6.08 Å². The average molecular weight is 145 g/mol. The van der Waals surface area contributed by atoms with Gasteiger partial charge in [0.2, 0.25) is 0 Å². The summed E-state index contributed by atoms with van der Waals surface area (Å²) < 4.78 is 0. The fourth-order valence-corrected chi connectivity index (χ4v) is 1.20. The Kier molecular flexibility index (Phi) is 1.15. The summed E-state index contributed by atoms with van der Waals surface area (Å²) in [6, 6.07) is 0. The molecule has 2 nitrogen and oxygen atoms in total. The molecule has 0 amide bonds. The van der Waals surface area contributed by atoms with Gasteiger partial charge in [0.1, 0.15) is 0 Å². The topological polar surface area (TPSA) is 29.4 Å². The van der Waals surface area contributed by atoms with Crippen LogP contribution in [0.15, 0.2) is 40.6 Å². The molecule has 0 bridgehead atoms. The molecule has 0 aromatic heterocycles. The zero-order chi connectivity index (χ0) is 7.84. The number of fused-ring (bicyclic) bond motifs is 1. The van der Waals surface area contributed by atoms with E-state index in [1.54, 1.807) is 12.2 Å². The van der Waals surface area contributed by atoms with E-state index in [9.17, 15) is 4.79 Å². The largest absolute Gasteiger partial charge is 0.290 e. The first-order chi connectivity index (χ1) is 5.25. The van der Waals surface area contributed by atoms with Crippen LogP contribution in [0.2, 0.25) is 0 Å². The monoisotopic (exact) mass is 145 g/mol. The molecule has 0 unspecified atom stereocenters. The lowest BCUT2D eigenvalue weighted by Crippen LogP contribution is -2.02. The highest BCUT2D eigenvalue weighted by atomic mass is 16.1. The summed E-state index contributed by atoms with van der Waals surface area (Å²) >= 11 is 0. The fourth-order valence-electron chi connectivity index (χ4n) is 1.20. The molecule has 0 aromatic carbocycles. The van der Waals surface area contributed by atoms with E-state index in [0.29, 0.717) is 0 Å². The van der Waals surface area contributed by atoms with Gasteiger partial charge in [-0.3, -0.25) is 9.79 Å². The Bertz CT molecular complexity index is 343. The molecule has 1 aliphatic carbocycles. The van der Waals surface area contributed by atoms with Gasteiger partial charge in [-0.05, 0) is 31.2 Å². The summed E-state index contributed by atoms with van der Waals surface area (Å²) in [4.78, 5) is 15.1. The zero-order valence-electron chi connectivity index (χ0n) is 6.16. The van der Waals surface area contributed by atoms with E-state index in [2.05, 4.69) is 4.99 Å². The molecule has 1 aliphatic heterocycles. The lowest BCUT2D eigenvalue weighted by atomic mass is 10.0. The second-order valence-corrected chi connectivity index (χ2v) is 2.62. The molecule has 54 valence electrons. The summed E-state index contributed by atoms with van der Waals surface area (Å²) in [6.07, 6.45) is 6.81. The third kappa shape index (κ3) is 0.963. The van der Waals surface area contributed by atoms with Crippen molar-refractivity contribution in [2.24, 2.45) is 4.99 Å². The number of hydrogen-bond acceptors (Lipinski definition) is 2. The van der Waals surface area contributed by atoms with Gasteiger partial charge in [0.25, 0.3) is 0 Å². The summed E-state index contributed by atoms with van der Waals surface area (Å²) in [5, 5.41) is 0. The van der Waals surface area contributed by atoms with Gasteiger partial charge < -0.3 is 0 Å². The fraction of sp³-hybridized carbons (Fsp3) is 0.111. The van der Waals surface area contributed by atoms with Gasteiger partial charge in [-0.15, -0.1) is 0 Å². The maximum absolute atomic E-state index is 10.9. The predicted molar refractivity (Wildman–Crippen MR) is 43.4 cm³/mol. The molecule has 0 aromatic rings. The average Bonchev–Trinajstić information content (AvgIpc) is 2.27. The molecule has 0 atom stereocenters. The molecular formula is C9H7NO. The van der Waals surface area contributed by atoms with E-state index in [-0.39, 0.29) is 5.78 Å². The van der Waals surface area contributed by atoms with Gasteiger partial charge in [0.05, 0.1) is 5.71 Å². The number of rotatable bonds is 0. The van der Waals surface area contributed by atoms with Crippen molar-refractivity contribution in [2.45, 2.75) is 6.92 Å². The van der Waals surface area contributed by atoms with E-state index in [1.807, 2.05) is 13.0 Å². The van der Waals surface area contributed by atoms with Crippen LogP contribution in [0.4, 0.5) is 0 Å². The number of aliphatic imine (C=N–C) groups is 1. The molecule has 0 fully saturated rings. The van der Waals surface area contributed by atoms with Gasteiger partial charge in [-0.2, -0.15) is 0 Å². The van der Waals surface area contributed by atoms with E-state index < -0.39 is 0 Å². The van der Waals surface area contributed by atoms with Crippen LogP contribution in [0, 0.1) is 0 Å². The van der Waals surface area contributed by atoms with Gasteiger partial charge in [0.15, 0.2) is 5.78 Å². The number of nitrogens with zero attached hydrogens (tertiary/aromatic N) is 1. The van der Waals surface area contributed by atoms with E-state index in [4.69, 9.17) is 0 Å². The maximum Gasteiger partial charge on any atom is 0.179 e. The molecule has 2 rings (SSSR count). The van der Waals surface area contributed by atoms with Crippen molar-refractivity contribution in [1.29, 1.82) is 0 Å². The van der Waals surface area contributed by atoms with Crippen LogP contribution in [0.25, 0.3) is 0 Å². The smallest absolute Gasteiger partial charge is 0.179 e.